The maximum atomic E-state index is 11.6. The van der Waals surface area contributed by atoms with E-state index in [0.29, 0.717) is 24.1 Å². The van der Waals surface area contributed by atoms with Crippen LogP contribution in [0.5, 0.6) is 0 Å². The van der Waals surface area contributed by atoms with Gasteiger partial charge in [-0.1, -0.05) is 0 Å². The Hall–Kier alpha value is -1.74. The van der Waals surface area contributed by atoms with Crippen molar-refractivity contribution in [1.29, 1.82) is 0 Å². The molecule has 8 nitrogen and oxygen atoms in total. The highest BCUT2D eigenvalue weighted by atomic mass is 16.3. The number of aromatic amines is 2. The summed E-state index contributed by atoms with van der Waals surface area (Å²) in [6.07, 6.45) is 3.00. The zero-order valence-electron chi connectivity index (χ0n) is 10.9. The number of nitrogens with one attached hydrogen (secondary N) is 2. The van der Waals surface area contributed by atoms with Gasteiger partial charge in [0.05, 0.1) is 18.6 Å². The van der Waals surface area contributed by atoms with Crippen LogP contribution >= 0.6 is 0 Å². The van der Waals surface area contributed by atoms with Crippen molar-refractivity contribution < 1.29 is 15.3 Å². The maximum Gasteiger partial charge on any atom is 0.275 e. The summed E-state index contributed by atoms with van der Waals surface area (Å²) >= 11 is 0. The Kier molecular flexibility index (Phi) is 4.85. The van der Waals surface area contributed by atoms with Gasteiger partial charge in [0.1, 0.15) is 5.52 Å². The van der Waals surface area contributed by atoms with Gasteiger partial charge in [0.2, 0.25) is 0 Å². The number of hydrogen-bond acceptors (Lipinski definition) is 6. The zero-order valence-corrected chi connectivity index (χ0v) is 10.9. The summed E-state index contributed by atoms with van der Waals surface area (Å²) in [5.41, 5.74) is 1.47. The molecule has 110 valence electrons. The molecule has 0 amide bonds. The van der Waals surface area contributed by atoms with Gasteiger partial charge in [-0.15, -0.1) is 0 Å². The lowest BCUT2D eigenvalue weighted by Crippen LogP contribution is -2.33. The number of aliphatic hydroxyl groups excluding tert-OH is 3. The van der Waals surface area contributed by atoms with Crippen LogP contribution in [0.25, 0.3) is 11.0 Å². The summed E-state index contributed by atoms with van der Waals surface area (Å²) < 4.78 is 0. The summed E-state index contributed by atoms with van der Waals surface area (Å²) in [5.74, 6) is -0.316. The zero-order chi connectivity index (χ0) is 14.5. The standard InChI is InChI=1S/C12H18N4O4/c17-4-8(5-18)2-16(7-19)3-9-1-13-11-10(9)14-6-15-12(11)20/h1,6,8,13,17-19H,2-5,7H2,(H,14,15,20). The van der Waals surface area contributed by atoms with Crippen LogP contribution < -0.4 is 5.56 Å². The number of aliphatic hydroxyl groups is 3. The van der Waals surface area contributed by atoms with Crippen LogP contribution in [0.4, 0.5) is 0 Å². The van der Waals surface area contributed by atoms with Crippen molar-refractivity contribution in [2.45, 2.75) is 6.54 Å². The predicted molar refractivity (Wildman–Crippen MR) is 71.9 cm³/mol. The molecule has 8 heteroatoms. The molecule has 2 rings (SSSR count). The third-order valence-electron chi connectivity index (χ3n) is 3.17. The molecule has 0 aliphatic carbocycles. The van der Waals surface area contributed by atoms with E-state index in [0.717, 1.165) is 5.56 Å². The van der Waals surface area contributed by atoms with Crippen LogP contribution in [0.2, 0.25) is 0 Å². The number of fused-ring (bicyclic) bond motifs is 1. The Balaban J connectivity index is 2.17. The molecular formula is C12H18N4O4. The molecule has 0 fully saturated rings. The molecule has 0 unspecified atom stereocenters. The first-order chi connectivity index (χ1) is 9.69. The Labute approximate surface area is 114 Å². The summed E-state index contributed by atoms with van der Waals surface area (Å²) in [4.78, 5) is 22.7. The first-order valence-corrected chi connectivity index (χ1v) is 6.28. The fourth-order valence-electron chi connectivity index (χ4n) is 2.08. The van der Waals surface area contributed by atoms with Crippen molar-refractivity contribution in [3.8, 4) is 0 Å². The van der Waals surface area contributed by atoms with Gasteiger partial charge in [-0.3, -0.25) is 9.69 Å². The predicted octanol–water partition coefficient (Wildman–Crippen LogP) is -1.40. The van der Waals surface area contributed by atoms with Gasteiger partial charge in [-0.05, 0) is 0 Å². The Bertz CT molecular complexity index is 605. The van der Waals surface area contributed by atoms with E-state index in [-0.39, 0.29) is 31.4 Å². The van der Waals surface area contributed by atoms with Gasteiger partial charge in [-0.25, -0.2) is 4.98 Å². The molecule has 0 saturated heterocycles. The maximum absolute atomic E-state index is 11.6. The second kappa shape index (κ2) is 6.62. The molecule has 2 heterocycles. The molecule has 0 aliphatic heterocycles. The summed E-state index contributed by atoms with van der Waals surface area (Å²) in [5, 5.41) is 27.5. The van der Waals surface area contributed by atoms with Gasteiger partial charge in [0.15, 0.2) is 0 Å². The quantitative estimate of drug-likeness (QED) is 0.398. The van der Waals surface area contributed by atoms with Gasteiger partial charge in [-0.2, -0.15) is 0 Å². The molecule has 0 atom stereocenters. The van der Waals surface area contributed by atoms with E-state index in [1.165, 1.54) is 6.33 Å². The van der Waals surface area contributed by atoms with E-state index >= 15 is 0 Å². The number of aromatic nitrogens is 3. The highest BCUT2D eigenvalue weighted by Crippen LogP contribution is 2.14. The smallest absolute Gasteiger partial charge is 0.275 e. The van der Waals surface area contributed by atoms with Crippen LogP contribution in [-0.4, -0.2) is 61.7 Å². The molecule has 2 aromatic rings. The molecule has 5 N–H and O–H groups in total. The third kappa shape index (κ3) is 3.05. The SMILES string of the molecule is O=c1[nH]cnc2c(CN(CO)CC(CO)CO)c[nH]c12. The number of H-pyrrole nitrogens is 2. The van der Waals surface area contributed by atoms with Crippen LogP contribution in [0, 0.1) is 5.92 Å². The van der Waals surface area contributed by atoms with Crippen LogP contribution in [-0.2, 0) is 6.54 Å². The third-order valence-corrected chi connectivity index (χ3v) is 3.17. The molecule has 0 spiro atoms. The molecule has 0 bridgehead atoms. The minimum absolute atomic E-state index is 0.154. The van der Waals surface area contributed by atoms with Gasteiger partial charge >= 0.3 is 0 Å². The lowest BCUT2D eigenvalue weighted by molar-refractivity contribution is 0.0526. The molecule has 20 heavy (non-hydrogen) atoms. The minimum Gasteiger partial charge on any atom is -0.396 e. The lowest BCUT2D eigenvalue weighted by Gasteiger charge is -2.23. The van der Waals surface area contributed by atoms with E-state index in [9.17, 15) is 9.90 Å². The first kappa shape index (κ1) is 14.7. The van der Waals surface area contributed by atoms with E-state index in [1.54, 1.807) is 11.1 Å². The number of hydrogen-bond donors (Lipinski definition) is 5. The summed E-state index contributed by atoms with van der Waals surface area (Å²) in [6, 6.07) is 0. The van der Waals surface area contributed by atoms with Crippen LogP contribution in [0.1, 0.15) is 5.56 Å². The lowest BCUT2D eigenvalue weighted by atomic mass is 10.1. The van der Waals surface area contributed by atoms with Crippen molar-refractivity contribution in [2.75, 3.05) is 26.5 Å². The molecule has 0 aliphatic rings. The normalized spacial score (nSPS) is 11.8. The summed E-state index contributed by atoms with van der Waals surface area (Å²) in [7, 11) is 0. The van der Waals surface area contributed by atoms with Gasteiger partial charge in [0, 0.05) is 44.0 Å². The molecule has 0 aromatic carbocycles. The van der Waals surface area contributed by atoms with E-state index < -0.39 is 0 Å². The van der Waals surface area contributed by atoms with Crippen LogP contribution in [0.15, 0.2) is 17.3 Å². The Morgan fingerprint density at radius 3 is 2.65 bits per heavy atom. The average molecular weight is 282 g/mol. The van der Waals surface area contributed by atoms with Gasteiger partial charge in [0.25, 0.3) is 5.56 Å². The summed E-state index contributed by atoms with van der Waals surface area (Å²) in [6.45, 7) is 0.187. The van der Waals surface area contributed by atoms with Gasteiger partial charge < -0.3 is 25.3 Å². The molecule has 0 saturated carbocycles. The topological polar surface area (TPSA) is 125 Å². The highest BCUT2D eigenvalue weighted by molar-refractivity contribution is 5.77. The molecular weight excluding hydrogens is 264 g/mol. The van der Waals surface area contributed by atoms with Crippen molar-refractivity contribution in [1.82, 2.24) is 19.9 Å². The monoisotopic (exact) mass is 282 g/mol. The van der Waals surface area contributed by atoms with Crippen molar-refractivity contribution in [3.05, 3.63) is 28.4 Å². The highest BCUT2D eigenvalue weighted by Gasteiger charge is 2.15. The van der Waals surface area contributed by atoms with Crippen LogP contribution in [0.3, 0.4) is 0 Å². The van der Waals surface area contributed by atoms with Crippen molar-refractivity contribution in [2.24, 2.45) is 5.92 Å². The minimum atomic E-state index is -0.316. The second-order valence-electron chi connectivity index (χ2n) is 4.65. The van der Waals surface area contributed by atoms with Crippen molar-refractivity contribution in [3.63, 3.8) is 0 Å². The fourth-order valence-corrected chi connectivity index (χ4v) is 2.08. The van der Waals surface area contributed by atoms with E-state index in [1.807, 2.05) is 0 Å². The average Bonchev–Trinajstić information content (AvgIpc) is 2.88. The second-order valence-corrected chi connectivity index (χ2v) is 4.65. The first-order valence-electron chi connectivity index (χ1n) is 6.28. The number of nitrogens with zero attached hydrogens (tertiary/aromatic N) is 2. The van der Waals surface area contributed by atoms with Crippen molar-refractivity contribution >= 4 is 11.0 Å². The number of rotatable bonds is 7. The van der Waals surface area contributed by atoms with E-state index in [2.05, 4.69) is 15.0 Å². The Morgan fingerprint density at radius 1 is 1.25 bits per heavy atom. The fraction of sp³-hybridized carbons (Fsp3) is 0.500. The molecule has 2 aromatic heterocycles. The van der Waals surface area contributed by atoms with E-state index in [4.69, 9.17) is 10.2 Å². The molecule has 0 radical (unpaired) electrons. The largest absolute Gasteiger partial charge is 0.396 e. The Morgan fingerprint density at radius 2 is 2.00 bits per heavy atom.